The van der Waals surface area contributed by atoms with E-state index >= 15 is 0 Å². The molecule has 0 aliphatic heterocycles. The number of ether oxygens (including phenoxy) is 1. The molecule has 1 rings (SSSR count). The minimum atomic E-state index is -3.10. The fourth-order valence-electron chi connectivity index (χ4n) is 1.43. The van der Waals surface area contributed by atoms with Gasteiger partial charge >= 0.3 is 0 Å². The van der Waals surface area contributed by atoms with E-state index in [1.54, 1.807) is 18.2 Å². The van der Waals surface area contributed by atoms with Crippen molar-refractivity contribution in [2.45, 2.75) is 5.75 Å². The van der Waals surface area contributed by atoms with Crippen LogP contribution < -0.4 is 4.74 Å². The zero-order valence-corrected chi connectivity index (χ0v) is 12.4. The van der Waals surface area contributed by atoms with Gasteiger partial charge in [-0.1, -0.05) is 6.07 Å². The molecule has 0 aromatic heterocycles. The first kappa shape index (κ1) is 15.7. The first-order valence-electron chi connectivity index (χ1n) is 5.45. The van der Waals surface area contributed by atoms with Gasteiger partial charge in [0.25, 0.3) is 0 Å². The van der Waals surface area contributed by atoms with E-state index < -0.39 is 20.6 Å². The Labute approximate surface area is 115 Å². The number of nitrogens with zero attached hydrogens (tertiary/aromatic N) is 1. The molecular formula is C12H15NO4S2. The first-order chi connectivity index (χ1) is 8.85. The van der Waals surface area contributed by atoms with Crippen LogP contribution >= 0.6 is 0 Å². The van der Waals surface area contributed by atoms with E-state index in [-0.39, 0.29) is 17.3 Å². The largest absolute Gasteiger partial charge is 0.495 e. The van der Waals surface area contributed by atoms with E-state index in [1.165, 1.54) is 7.11 Å². The molecule has 0 aliphatic rings. The van der Waals surface area contributed by atoms with E-state index in [9.17, 15) is 12.6 Å². The highest BCUT2D eigenvalue weighted by Crippen LogP contribution is 2.19. The van der Waals surface area contributed by atoms with Crippen molar-refractivity contribution in [1.82, 2.24) is 0 Å². The zero-order valence-electron chi connectivity index (χ0n) is 10.8. The molecule has 5 nitrogen and oxygen atoms in total. The highest BCUT2D eigenvalue weighted by atomic mass is 32.2. The Balaban J connectivity index is 2.73. The van der Waals surface area contributed by atoms with Crippen molar-refractivity contribution in [3.63, 3.8) is 0 Å². The Morgan fingerprint density at radius 1 is 1.42 bits per heavy atom. The Morgan fingerprint density at radius 3 is 2.63 bits per heavy atom. The van der Waals surface area contributed by atoms with Crippen molar-refractivity contribution in [3.8, 4) is 11.8 Å². The van der Waals surface area contributed by atoms with Gasteiger partial charge in [0.2, 0.25) is 0 Å². The SMILES string of the molecule is COc1ccc(CS(=O)CCS(C)(=O)=O)cc1C#N. The van der Waals surface area contributed by atoms with Crippen LogP contribution in [0.15, 0.2) is 18.2 Å². The van der Waals surface area contributed by atoms with E-state index in [0.29, 0.717) is 11.3 Å². The van der Waals surface area contributed by atoms with Crippen LogP contribution in [-0.2, 0) is 26.4 Å². The molecule has 0 saturated carbocycles. The Kier molecular flexibility index (Phi) is 5.51. The van der Waals surface area contributed by atoms with E-state index in [1.807, 2.05) is 6.07 Å². The smallest absolute Gasteiger partial charge is 0.148 e. The van der Waals surface area contributed by atoms with Gasteiger partial charge < -0.3 is 4.74 Å². The summed E-state index contributed by atoms with van der Waals surface area (Å²) in [5.41, 5.74) is 1.10. The number of hydrogen-bond acceptors (Lipinski definition) is 5. The number of nitriles is 1. The van der Waals surface area contributed by atoms with Crippen LogP contribution in [0.25, 0.3) is 0 Å². The lowest BCUT2D eigenvalue weighted by molar-refractivity contribution is 0.413. The average molecular weight is 301 g/mol. The Bertz CT molecular complexity index is 617. The van der Waals surface area contributed by atoms with Crippen LogP contribution in [0.4, 0.5) is 0 Å². The summed E-state index contributed by atoms with van der Waals surface area (Å²) in [5, 5.41) is 8.93. The van der Waals surface area contributed by atoms with Crippen molar-refractivity contribution in [2.75, 3.05) is 24.9 Å². The standard InChI is InChI=1S/C12H15NO4S2/c1-17-12-4-3-10(7-11(12)8-13)9-18(14)5-6-19(2,15)16/h3-4,7H,5-6,9H2,1-2H3. The molecule has 0 saturated heterocycles. The molecule has 0 spiro atoms. The molecular weight excluding hydrogens is 286 g/mol. The second-order valence-electron chi connectivity index (χ2n) is 4.06. The predicted octanol–water partition coefficient (Wildman–Crippen LogP) is 0.860. The Morgan fingerprint density at radius 2 is 2.11 bits per heavy atom. The van der Waals surface area contributed by atoms with Gasteiger partial charge in [-0.05, 0) is 17.7 Å². The summed E-state index contributed by atoms with van der Waals surface area (Å²) in [6.07, 6.45) is 1.12. The minimum Gasteiger partial charge on any atom is -0.495 e. The van der Waals surface area contributed by atoms with Gasteiger partial charge in [0.1, 0.15) is 21.7 Å². The van der Waals surface area contributed by atoms with Gasteiger partial charge in [-0.3, -0.25) is 4.21 Å². The normalized spacial score (nSPS) is 12.7. The van der Waals surface area contributed by atoms with E-state index in [4.69, 9.17) is 10.00 Å². The zero-order chi connectivity index (χ0) is 14.5. The van der Waals surface area contributed by atoms with E-state index in [2.05, 4.69) is 0 Å². The van der Waals surface area contributed by atoms with Crippen molar-refractivity contribution < 1.29 is 17.4 Å². The third-order valence-electron chi connectivity index (χ3n) is 2.39. The molecule has 1 atom stereocenters. The molecule has 104 valence electrons. The fourth-order valence-corrected chi connectivity index (χ4v) is 4.08. The third kappa shape index (κ3) is 5.41. The first-order valence-corrected chi connectivity index (χ1v) is 9.00. The summed E-state index contributed by atoms with van der Waals surface area (Å²) >= 11 is 0. The molecule has 0 fully saturated rings. The molecule has 0 aliphatic carbocycles. The molecule has 1 aromatic carbocycles. The molecule has 0 N–H and O–H groups in total. The van der Waals surface area contributed by atoms with Crippen LogP contribution in [0.3, 0.4) is 0 Å². The van der Waals surface area contributed by atoms with Gasteiger partial charge in [0.05, 0.1) is 18.4 Å². The molecule has 0 amide bonds. The summed E-state index contributed by atoms with van der Waals surface area (Å²) in [7, 11) is -2.89. The molecule has 1 unspecified atom stereocenters. The van der Waals surface area contributed by atoms with Crippen molar-refractivity contribution in [2.24, 2.45) is 0 Å². The lowest BCUT2D eigenvalue weighted by Crippen LogP contribution is -2.12. The number of sulfone groups is 1. The fraction of sp³-hybridized carbons (Fsp3) is 0.417. The third-order valence-corrected chi connectivity index (χ3v) is 4.91. The maximum absolute atomic E-state index is 11.7. The second-order valence-corrected chi connectivity index (χ2v) is 7.90. The molecule has 0 radical (unpaired) electrons. The molecule has 0 bridgehead atoms. The monoisotopic (exact) mass is 301 g/mol. The maximum atomic E-state index is 11.7. The van der Waals surface area contributed by atoms with Crippen LogP contribution in [0.1, 0.15) is 11.1 Å². The Hall–Kier alpha value is -1.39. The summed E-state index contributed by atoms with van der Waals surface area (Å²) in [5.74, 6) is 0.704. The van der Waals surface area contributed by atoms with Crippen molar-refractivity contribution in [3.05, 3.63) is 29.3 Å². The summed E-state index contributed by atoms with van der Waals surface area (Å²) in [4.78, 5) is 0. The molecule has 0 heterocycles. The summed E-state index contributed by atoms with van der Waals surface area (Å²) in [6.45, 7) is 0. The van der Waals surface area contributed by atoms with Gasteiger partial charge in [-0.25, -0.2) is 8.42 Å². The van der Waals surface area contributed by atoms with Gasteiger partial charge in [-0.15, -0.1) is 0 Å². The number of hydrogen-bond donors (Lipinski definition) is 0. The van der Waals surface area contributed by atoms with Crippen LogP contribution in [0.5, 0.6) is 5.75 Å². The van der Waals surface area contributed by atoms with Crippen LogP contribution in [0.2, 0.25) is 0 Å². The highest BCUT2D eigenvalue weighted by Gasteiger charge is 2.09. The minimum absolute atomic E-state index is 0.0964. The average Bonchev–Trinajstić information content (AvgIpc) is 2.35. The number of rotatable bonds is 6. The summed E-state index contributed by atoms with van der Waals surface area (Å²) < 4.78 is 38.7. The lowest BCUT2D eigenvalue weighted by atomic mass is 10.1. The number of methoxy groups -OCH3 is 1. The molecule has 19 heavy (non-hydrogen) atoms. The quantitative estimate of drug-likeness (QED) is 0.778. The van der Waals surface area contributed by atoms with Crippen molar-refractivity contribution in [1.29, 1.82) is 5.26 Å². The molecule has 1 aromatic rings. The lowest BCUT2D eigenvalue weighted by Gasteiger charge is -2.06. The molecule has 7 heteroatoms. The second kappa shape index (κ2) is 6.68. The van der Waals surface area contributed by atoms with Crippen molar-refractivity contribution >= 4 is 20.6 Å². The topological polar surface area (TPSA) is 84.2 Å². The van der Waals surface area contributed by atoms with Crippen LogP contribution in [0, 0.1) is 11.3 Å². The maximum Gasteiger partial charge on any atom is 0.148 e. The van der Waals surface area contributed by atoms with Gasteiger partial charge in [-0.2, -0.15) is 5.26 Å². The van der Waals surface area contributed by atoms with E-state index in [0.717, 1.165) is 11.8 Å². The highest BCUT2D eigenvalue weighted by molar-refractivity contribution is 7.92. The summed E-state index contributed by atoms with van der Waals surface area (Å²) in [6, 6.07) is 6.97. The van der Waals surface area contributed by atoms with Crippen LogP contribution in [-0.4, -0.2) is 37.5 Å². The predicted molar refractivity (Wildman–Crippen MR) is 74.1 cm³/mol. The van der Waals surface area contributed by atoms with Gasteiger partial charge in [0, 0.05) is 28.6 Å². The number of benzene rings is 1. The van der Waals surface area contributed by atoms with Gasteiger partial charge in [0.15, 0.2) is 0 Å².